The number of benzene rings is 1. The van der Waals surface area contributed by atoms with Crippen molar-refractivity contribution in [3.8, 4) is 5.75 Å². The fourth-order valence-corrected chi connectivity index (χ4v) is 5.13. The molecule has 6 nitrogen and oxygen atoms in total. The minimum Gasteiger partial charge on any atom is -0.496 e. The maximum Gasteiger partial charge on any atom is 0.251 e. The molecule has 6 heteroatoms. The first-order chi connectivity index (χ1) is 15.6. The molecule has 1 aromatic heterocycles. The number of methoxy groups -OCH3 is 1. The Balaban J connectivity index is 1.23. The molecule has 1 spiro atoms. The van der Waals surface area contributed by atoms with Crippen molar-refractivity contribution in [3.63, 3.8) is 0 Å². The second kappa shape index (κ2) is 10.5. The van der Waals surface area contributed by atoms with E-state index in [1.54, 1.807) is 31.6 Å². The molecule has 0 saturated carbocycles. The summed E-state index contributed by atoms with van der Waals surface area (Å²) in [4.78, 5) is 18.8. The van der Waals surface area contributed by atoms with Gasteiger partial charge in [-0.2, -0.15) is 0 Å². The lowest BCUT2D eigenvalue weighted by atomic mass is 9.78. The van der Waals surface area contributed by atoms with E-state index in [1.807, 2.05) is 0 Å². The first-order valence-electron chi connectivity index (χ1n) is 11.7. The van der Waals surface area contributed by atoms with Crippen molar-refractivity contribution in [1.82, 2.24) is 15.2 Å². The number of ether oxygens (including phenoxy) is 2. The van der Waals surface area contributed by atoms with Crippen molar-refractivity contribution in [2.45, 2.75) is 51.2 Å². The molecular formula is C26H35N3O3. The molecule has 4 rings (SSSR count). The van der Waals surface area contributed by atoms with Crippen LogP contribution < -0.4 is 10.1 Å². The summed E-state index contributed by atoms with van der Waals surface area (Å²) in [6, 6.07) is 9.97. The van der Waals surface area contributed by atoms with E-state index in [0.717, 1.165) is 64.1 Å². The SMILES string of the molecule is COc1ccc(CN2CCC3(CC2)CC(CCNC(=O)c2ccncc2)CCO3)cc1C. The Morgan fingerprint density at radius 1 is 1.25 bits per heavy atom. The molecule has 1 amide bonds. The normalized spacial score (nSPS) is 20.8. The van der Waals surface area contributed by atoms with Crippen molar-refractivity contribution in [1.29, 1.82) is 0 Å². The molecule has 1 atom stereocenters. The Morgan fingerprint density at radius 2 is 2.03 bits per heavy atom. The van der Waals surface area contributed by atoms with Crippen LogP contribution in [0, 0.1) is 12.8 Å². The Morgan fingerprint density at radius 3 is 2.75 bits per heavy atom. The number of pyridine rings is 1. The Hall–Kier alpha value is -2.44. The fourth-order valence-electron chi connectivity index (χ4n) is 5.13. The average Bonchev–Trinajstić information content (AvgIpc) is 2.82. The first kappa shape index (κ1) is 22.7. The number of amides is 1. The van der Waals surface area contributed by atoms with Crippen LogP contribution >= 0.6 is 0 Å². The third-order valence-electron chi connectivity index (χ3n) is 7.01. The van der Waals surface area contributed by atoms with Crippen molar-refractivity contribution in [3.05, 3.63) is 59.4 Å². The van der Waals surface area contributed by atoms with Gasteiger partial charge in [0.2, 0.25) is 0 Å². The van der Waals surface area contributed by atoms with E-state index in [9.17, 15) is 4.79 Å². The van der Waals surface area contributed by atoms with E-state index in [0.29, 0.717) is 18.0 Å². The standard InChI is InChI=1S/C26H35N3O3/c1-20-17-22(3-4-24(20)31-2)19-29-14-9-26(10-15-29)18-21(8-16-32-26)5-13-28-25(30)23-6-11-27-12-7-23/h3-4,6-7,11-12,17,21H,5,8-10,13-16,18-19H2,1-2H3,(H,28,30). The molecule has 0 bridgehead atoms. The van der Waals surface area contributed by atoms with E-state index < -0.39 is 0 Å². The molecule has 2 aromatic rings. The summed E-state index contributed by atoms with van der Waals surface area (Å²) in [6.45, 7) is 6.76. The van der Waals surface area contributed by atoms with E-state index in [2.05, 4.69) is 40.3 Å². The highest BCUT2D eigenvalue weighted by Gasteiger charge is 2.40. The van der Waals surface area contributed by atoms with E-state index >= 15 is 0 Å². The summed E-state index contributed by atoms with van der Waals surface area (Å²) >= 11 is 0. The molecule has 1 unspecified atom stereocenters. The van der Waals surface area contributed by atoms with Gasteiger partial charge in [0.05, 0.1) is 12.7 Å². The second-order valence-corrected chi connectivity index (χ2v) is 9.25. The number of likely N-dealkylation sites (tertiary alicyclic amines) is 1. The summed E-state index contributed by atoms with van der Waals surface area (Å²) in [7, 11) is 1.72. The number of nitrogens with zero attached hydrogens (tertiary/aromatic N) is 2. The molecule has 3 heterocycles. The lowest BCUT2D eigenvalue weighted by molar-refractivity contribution is -0.128. The number of carbonyl (C=O) groups excluding carboxylic acids is 1. The molecule has 0 aliphatic carbocycles. The number of aromatic nitrogens is 1. The fraction of sp³-hybridized carbons (Fsp3) is 0.538. The Kier molecular flexibility index (Phi) is 7.43. The van der Waals surface area contributed by atoms with Gasteiger partial charge in [-0.25, -0.2) is 0 Å². The third kappa shape index (κ3) is 5.67. The number of rotatable bonds is 7. The molecule has 2 fully saturated rings. The number of nitrogens with one attached hydrogen (secondary N) is 1. The van der Waals surface area contributed by atoms with Crippen LogP contribution in [0.3, 0.4) is 0 Å². The first-order valence-corrected chi connectivity index (χ1v) is 11.7. The lowest BCUT2D eigenvalue weighted by Gasteiger charge is -2.46. The van der Waals surface area contributed by atoms with Crippen LogP contribution in [0.5, 0.6) is 5.75 Å². The molecule has 2 saturated heterocycles. The van der Waals surface area contributed by atoms with E-state index in [-0.39, 0.29) is 11.5 Å². The minimum absolute atomic E-state index is 0.0174. The zero-order valence-corrected chi connectivity index (χ0v) is 19.3. The van der Waals surface area contributed by atoms with Gasteiger partial charge >= 0.3 is 0 Å². The van der Waals surface area contributed by atoms with Gasteiger partial charge in [-0.1, -0.05) is 12.1 Å². The van der Waals surface area contributed by atoms with Crippen LogP contribution in [0.15, 0.2) is 42.7 Å². The smallest absolute Gasteiger partial charge is 0.251 e. The van der Waals surface area contributed by atoms with Gasteiger partial charge in [0.1, 0.15) is 5.75 Å². The summed E-state index contributed by atoms with van der Waals surface area (Å²) in [5.41, 5.74) is 3.21. The number of aryl methyl sites for hydroxylation is 1. The van der Waals surface area contributed by atoms with Crippen LogP contribution in [0.25, 0.3) is 0 Å². The van der Waals surface area contributed by atoms with Crippen LogP contribution in [0.4, 0.5) is 0 Å². The maximum atomic E-state index is 12.2. The van der Waals surface area contributed by atoms with Crippen LogP contribution in [-0.2, 0) is 11.3 Å². The number of piperidine rings is 1. The number of hydrogen-bond acceptors (Lipinski definition) is 5. The van der Waals surface area contributed by atoms with Crippen LogP contribution in [0.2, 0.25) is 0 Å². The predicted octanol–water partition coefficient (Wildman–Crippen LogP) is 3.98. The van der Waals surface area contributed by atoms with Crippen LogP contribution in [-0.4, -0.2) is 54.7 Å². The van der Waals surface area contributed by atoms with Crippen molar-refractivity contribution in [2.24, 2.45) is 5.92 Å². The maximum absolute atomic E-state index is 12.2. The van der Waals surface area contributed by atoms with Gasteiger partial charge < -0.3 is 14.8 Å². The van der Waals surface area contributed by atoms with Gasteiger partial charge in [-0.05, 0) is 74.3 Å². The largest absolute Gasteiger partial charge is 0.496 e. The van der Waals surface area contributed by atoms with Crippen molar-refractivity contribution < 1.29 is 14.3 Å². The van der Waals surface area contributed by atoms with Crippen molar-refractivity contribution in [2.75, 3.05) is 33.4 Å². The lowest BCUT2D eigenvalue weighted by Crippen LogP contribution is -2.49. The third-order valence-corrected chi connectivity index (χ3v) is 7.01. The van der Waals surface area contributed by atoms with E-state index in [1.165, 1.54) is 11.1 Å². The summed E-state index contributed by atoms with van der Waals surface area (Å²) in [5.74, 6) is 1.54. The number of hydrogen-bond donors (Lipinski definition) is 1. The molecular weight excluding hydrogens is 402 g/mol. The van der Waals surface area contributed by atoms with Gasteiger partial charge in [0.15, 0.2) is 0 Å². The van der Waals surface area contributed by atoms with Gasteiger partial charge in [-0.15, -0.1) is 0 Å². The van der Waals surface area contributed by atoms with Gasteiger partial charge in [0.25, 0.3) is 5.91 Å². The summed E-state index contributed by atoms with van der Waals surface area (Å²) in [5, 5.41) is 3.06. The second-order valence-electron chi connectivity index (χ2n) is 9.25. The highest BCUT2D eigenvalue weighted by molar-refractivity contribution is 5.93. The highest BCUT2D eigenvalue weighted by atomic mass is 16.5. The molecule has 32 heavy (non-hydrogen) atoms. The highest BCUT2D eigenvalue weighted by Crippen LogP contribution is 2.39. The quantitative estimate of drug-likeness (QED) is 0.710. The van der Waals surface area contributed by atoms with Gasteiger partial charge in [0, 0.05) is 50.7 Å². The van der Waals surface area contributed by atoms with Crippen LogP contribution in [0.1, 0.15) is 53.6 Å². The topological polar surface area (TPSA) is 63.7 Å². The summed E-state index contributed by atoms with van der Waals surface area (Å²) in [6.07, 6.45) is 8.68. The number of carbonyl (C=O) groups is 1. The molecule has 2 aliphatic heterocycles. The Bertz CT molecular complexity index is 894. The predicted molar refractivity (Wildman–Crippen MR) is 125 cm³/mol. The van der Waals surface area contributed by atoms with E-state index in [4.69, 9.17) is 9.47 Å². The Labute approximate surface area is 191 Å². The summed E-state index contributed by atoms with van der Waals surface area (Å²) < 4.78 is 11.7. The molecule has 1 N–H and O–H groups in total. The zero-order valence-electron chi connectivity index (χ0n) is 19.3. The molecule has 1 aromatic carbocycles. The minimum atomic E-state index is -0.0174. The molecule has 172 valence electrons. The average molecular weight is 438 g/mol. The molecule has 0 radical (unpaired) electrons. The van der Waals surface area contributed by atoms with Crippen molar-refractivity contribution >= 4 is 5.91 Å². The molecule has 2 aliphatic rings. The monoisotopic (exact) mass is 437 g/mol. The van der Waals surface area contributed by atoms with Gasteiger partial charge in [-0.3, -0.25) is 14.7 Å². The zero-order chi connectivity index (χ0) is 22.4.